The van der Waals surface area contributed by atoms with Gasteiger partial charge in [-0.05, 0) is 12.5 Å². The number of carbonyl (C=O) groups excluding carboxylic acids is 1. The standard InChI is InChI=1S/C13H17NO2S/c1-3-7-14(2)13(16)11-9-12(17-10-11)6-4-5-8-15/h9-10,15H,3,5,7-8H2,1-2H3. The number of carbonyl (C=O) groups is 1. The van der Waals surface area contributed by atoms with Gasteiger partial charge in [0.25, 0.3) is 5.91 Å². The second kappa shape index (κ2) is 7.10. The number of hydrogen-bond acceptors (Lipinski definition) is 3. The number of rotatable bonds is 4. The molecule has 3 nitrogen and oxygen atoms in total. The molecule has 0 saturated heterocycles. The maximum atomic E-state index is 11.9. The van der Waals surface area contributed by atoms with Gasteiger partial charge >= 0.3 is 0 Å². The van der Waals surface area contributed by atoms with E-state index in [1.54, 1.807) is 11.9 Å². The molecular weight excluding hydrogens is 234 g/mol. The van der Waals surface area contributed by atoms with E-state index in [9.17, 15) is 4.79 Å². The molecule has 0 aromatic carbocycles. The lowest BCUT2D eigenvalue weighted by Gasteiger charge is -2.14. The fourth-order valence-electron chi connectivity index (χ4n) is 1.38. The van der Waals surface area contributed by atoms with Crippen LogP contribution in [0.5, 0.6) is 0 Å². The maximum Gasteiger partial charge on any atom is 0.254 e. The summed E-state index contributed by atoms with van der Waals surface area (Å²) in [5.74, 6) is 5.81. The van der Waals surface area contributed by atoms with E-state index >= 15 is 0 Å². The maximum absolute atomic E-state index is 11.9. The van der Waals surface area contributed by atoms with Gasteiger partial charge in [-0.3, -0.25) is 4.79 Å². The summed E-state index contributed by atoms with van der Waals surface area (Å²) in [5, 5.41) is 10.4. The third kappa shape index (κ3) is 4.22. The van der Waals surface area contributed by atoms with Crippen molar-refractivity contribution in [1.29, 1.82) is 0 Å². The molecule has 0 saturated carbocycles. The van der Waals surface area contributed by atoms with Crippen molar-refractivity contribution in [1.82, 2.24) is 4.90 Å². The van der Waals surface area contributed by atoms with Crippen LogP contribution < -0.4 is 0 Å². The zero-order valence-electron chi connectivity index (χ0n) is 10.2. The quantitative estimate of drug-likeness (QED) is 0.831. The molecule has 1 aromatic heterocycles. The van der Waals surface area contributed by atoms with Crippen molar-refractivity contribution in [2.75, 3.05) is 20.2 Å². The molecule has 0 aliphatic heterocycles. The van der Waals surface area contributed by atoms with E-state index in [0.29, 0.717) is 12.0 Å². The first-order chi connectivity index (χ1) is 8.19. The molecule has 1 rings (SSSR count). The summed E-state index contributed by atoms with van der Waals surface area (Å²) >= 11 is 1.46. The third-order valence-electron chi connectivity index (χ3n) is 2.20. The Morgan fingerprint density at radius 2 is 2.35 bits per heavy atom. The molecule has 1 N–H and O–H groups in total. The van der Waals surface area contributed by atoms with Crippen LogP contribution in [0, 0.1) is 11.8 Å². The number of nitrogens with zero attached hydrogens (tertiary/aromatic N) is 1. The summed E-state index contributed by atoms with van der Waals surface area (Å²) in [6, 6.07) is 1.81. The molecule has 0 aliphatic rings. The molecule has 0 atom stereocenters. The van der Waals surface area contributed by atoms with Crippen molar-refractivity contribution >= 4 is 17.2 Å². The first-order valence-electron chi connectivity index (χ1n) is 5.62. The van der Waals surface area contributed by atoms with Gasteiger partial charge in [0.05, 0.1) is 17.0 Å². The zero-order chi connectivity index (χ0) is 12.7. The van der Waals surface area contributed by atoms with Crippen molar-refractivity contribution in [3.05, 3.63) is 21.9 Å². The highest BCUT2D eigenvalue weighted by molar-refractivity contribution is 7.10. The topological polar surface area (TPSA) is 40.5 Å². The van der Waals surface area contributed by atoms with E-state index in [0.717, 1.165) is 17.8 Å². The summed E-state index contributed by atoms with van der Waals surface area (Å²) in [6.07, 6.45) is 1.42. The van der Waals surface area contributed by atoms with E-state index in [2.05, 4.69) is 11.8 Å². The Balaban J connectivity index is 2.68. The summed E-state index contributed by atoms with van der Waals surface area (Å²) in [6.45, 7) is 2.88. The van der Waals surface area contributed by atoms with Crippen molar-refractivity contribution in [2.24, 2.45) is 0 Å². The van der Waals surface area contributed by atoms with E-state index < -0.39 is 0 Å². The average Bonchev–Trinajstić information content (AvgIpc) is 2.77. The molecule has 0 unspecified atom stereocenters. The lowest BCUT2D eigenvalue weighted by atomic mass is 10.2. The minimum Gasteiger partial charge on any atom is -0.395 e. The fourth-order valence-corrected chi connectivity index (χ4v) is 2.13. The molecule has 92 valence electrons. The minimum atomic E-state index is 0.0401. The molecule has 1 aromatic rings. The Morgan fingerprint density at radius 1 is 1.59 bits per heavy atom. The van der Waals surface area contributed by atoms with Crippen LogP contribution in [0.2, 0.25) is 0 Å². The number of thiophene rings is 1. The molecule has 0 aliphatic carbocycles. The Hall–Kier alpha value is -1.31. The first-order valence-corrected chi connectivity index (χ1v) is 6.50. The zero-order valence-corrected chi connectivity index (χ0v) is 11.0. The third-order valence-corrected chi connectivity index (χ3v) is 3.05. The largest absolute Gasteiger partial charge is 0.395 e. The molecule has 17 heavy (non-hydrogen) atoms. The Morgan fingerprint density at radius 3 is 3.00 bits per heavy atom. The van der Waals surface area contributed by atoms with Gasteiger partial charge in [-0.15, -0.1) is 11.3 Å². The van der Waals surface area contributed by atoms with E-state index in [-0.39, 0.29) is 12.5 Å². The van der Waals surface area contributed by atoms with Crippen LogP contribution in [0.25, 0.3) is 0 Å². The van der Waals surface area contributed by atoms with Crippen LogP contribution in [-0.4, -0.2) is 36.1 Å². The lowest BCUT2D eigenvalue weighted by molar-refractivity contribution is 0.0795. The normalized spacial score (nSPS) is 9.59. The number of aliphatic hydroxyl groups is 1. The molecular formula is C13H17NO2S. The lowest BCUT2D eigenvalue weighted by Crippen LogP contribution is -2.26. The minimum absolute atomic E-state index is 0.0401. The van der Waals surface area contributed by atoms with E-state index in [1.165, 1.54) is 11.3 Å². The summed E-state index contributed by atoms with van der Waals surface area (Å²) in [4.78, 5) is 14.5. The average molecular weight is 251 g/mol. The van der Waals surface area contributed by atoms with Crippen LogP contribution in [0.3, 0.4) is 0 Å². The van der Waals surface area contributed by atoms with Gasteiger partial charge < -0.3 is 10.0 Å². The van der Waals surface area contributed by atoms with Gasteiger partial charge in [-0.2, -0.15) is 0 Å². The highest BCUT2D eigenvalue weighted by atomic mass is 32.1. The van der Waals surface area contributed by atoms with Crippen molar-refractivity contribution in [3.8, 4) is 11.8 Å². The van der Waals surface area contributed by atoms with Crippen molar-refractivity contribution < 1.29 is 9.90 Å². The smallest absolute Gasteiger partial charge is 0.254 e. The number of aliphatic hydroxyl groups excluding tert-OH is 1. The molecule has 0 spiro atoms. The van der Waals surface area contributed by atoms with Crippen molar-refractivity contribution in [3.63, 3.8) is 0 Å². The summed E-state index contributed by atoms with van der Waals surface area (Å²) in [5.41, 5.74) is 0.694. The SMILES string of the molecule is CCCN(C)C(=O)c1csc(C#CCCO)c1. The Bertz CT molecular complexity index is 428. The monoisotopic (exact) mass is 251 g/mol. The van der Waals surface area contributed by atoms with Gasteiger partial charge in [0.15, 0.2) is 0 Å². The van der Waals surface area contributed by atoms with E-state index in [4.69, 9.17) is 5.11 Å². The van der Waals surface area contributed by atoms with Gasteiger partial charge in [-0.1, -0.05) is 18.8 Å². The molecule has 4 heteroatoms. The fraction of sp³-hybridized carbons (Fsp3) is 0.462. The highest BCUT2D eigenvalue weighted by Crippen LogP contribution is 2.15. The van der Waals surface area contributed by atoms with Crippen LogP contribution in [0.4, 0.5) is 0 Å². The number of hydrogen-bond donors (Lipinski definition) is 1. The van der Waals surface area contributed by atoms with Gasteiger partial charge in [0.1, 0.15) is 0 Å². The van der Waals surface area contributed by atoms with Crippen LogP contribution in [-0.2, 0) is 0 Å². The van der Waals surface area contributed by atoms with Crippen LogP contribution >= 0.6 is 11.3 Å². The van der Waals surface area contributed by atoms with Gasteiger partial charge in [0, 0.05) is 25.4 Å². The summed E-state index contributed by atoms with van der Waals surface area (Å²) < 4.78 is 0. The van der Waals surface area contributed by atoms with Crippen LogP contribution in [0.15, 0.2) is 11.4 Å². The van der Waals surface area contributed by atoms with Gasteiger partial charge in [-0.25, -0.2) is 0 Å². The van der Waals surface area contributed by atoms with Gasteiger partial charge in [0.2, 0.25) is 0 Å². The Kier molecular flexibility index (Phi) is 5.75. The predicted molar refractivity (Wildman–Crippen MR) is 70.2 cm³/mol. The second-order valence-electron chi connectivity index (χ2n) is 3.70. The highest BCUT2D eigenvalue weighted by Gasteiger charge is 2.12. The molecule has 1 amide bonds. The first kappa shape index (κ1) is 13.8. The number of amides is 1. The molecule has 1 heterocycles. The Labute approximate surface area is 106 Å². The van der Waals surface area contributed by atoms with Crippen LogP contribution in [0.1, 0.15) is 35.0 Å². The second-order valence-corrected chi connectivity index (χ2v) is 4.61. The van der Waals surface area contributed by atoms with Crippen molar-refractivity contribution in [2.45, 2.75) is 19.8 Å². The predicted octanol–water partition coefficient (Wildman–Crippen LogP) is 1.96. The molecule has 0 radical (unpaired) electrons. The molecule has 0 fully saturated rings. The molecule has 0 bridgehead atoms. The van der Waals surface area contributed by atoms with E-state index in [1.807, 2.05) is 18.4 Å². The summed E-state index contributed by atoms with van der Waals surface area (Å²) in [7, 11) is 1.81.